The number of carbonyl (C=O) groups is 2. The second-order valence-electron chi connectivity index (χ2n) is 8.90. The number of nitrogens with zero attached hydrogens (tertiary/aromatic N) is 3. The highest BCUT2D eigenvalue weighted by atomic mass is 16.7. The first-order valence-electron chi connectivity index (χ1n) is 10.8. The van der Waals surface area contributed by atoms with E-state index >= 15 is 0 Å². The van der Waals surface area contributed by atoms with Crippen molar-refractivity contribution in [1.82, 2.24) is 9.97 Å². The normalized spacial score (nSPS) is 16.7. The quantitative estimate of drug-likeness (QED) is 0.213. The molecule has 1 atom stereocenters. The number of carbonyl (C=O) groups excluding carboxylic acids is 2. The standard InChI is InChI=1S/C22H34N4O4/c1-22(2,3)29-19(27)14-17(11-7-10-16-8-5-4-6-9-16)21(28)30-26-20(23)18-15-24-12-13-25-18/h12-13,15-17H,4-11,14H2,1-3H3,(H2,23,26)/t17-/m1/s1. The molecule has 1 aromatic rings. The molecular weight excluding hydrogens is 384 g/mol. The van der Waals surface area contributed by atoms with Crippen LogP contribution in [-0.2, 0) is 19.2 Å². The largest absolute Gasteiger partial charge is 0.460 e. The highest BCUT2D eigenvalue weighted by Gasteiger charge is 2.27. The molecule has 0 radical (unpaired) electrons. The Labute approximate surface area is 178 Å². The van der Waals surface area contributed by atoms with Crippen molar-refractivity contribution < 1.29 is 19.2 Å². The third kappa shape index (κ3) is 8.88. The van der Waals surface area contributed by atoms with Crippen LogP contribution in [0, 0.1) is 11.8 Å². The van der Waals surface area contributed by atoms with Crippen molar-refractivity contribution >= 4 is 17.8 Å². The molecule has 0 aromatic carbocycles. The fourth-order valence-electron chi connectivity index (χ4n) is 3.66. The maximum atomic E-state index is 12.6. The monoisotopic (exact) mass is 418 g/mol. The van der Waals surface area contributed by atoms with E-state index in [1.807, 2.05) is 0 Å². The summed E-state index contributed by atoms with van der Waals surface area (Å²) in [5.41, 5.74) is 5.51. The first-order chi connectivity index (χ1) is 14.2. The smallest absolute Gasteiger partial charge is 0.338 e. The lowest BCUT2D eigenvalue weighted by Gasteiger charge is -2.23. The van der Waals surface area contributed by atoms with Gasteiger partial charge in [-0.15, -0.1) is 0 Å². The fourth-order valence-corrected chi connectivity index (χ4v) is 3.66. The van der Waals surface area contributed by atoms with Gasteiger partial charge in [0.2, 0.25) is 0 Å². The van der Waals surface area contributed by atoms with Gasteiger partial charge in [-0.2, -0.15) is 0 Å². The lowest BCUT2D eigenvalue weighted by Crippen LogP contribution is -2.28. The molecule has 1 saturated carbocycles. The number of hydrogen-bond acceptors (Lipinski definition) is 7. The minimum atomic E-state index is -0.623. The van der Waals surface area contributed by atoms with Crippen molar-refractivity contribution in [3.05, 3.63) is 24.3 Å². The first-order valence-corrected chi connectivity index (χ1v) is 10.8. The summed E-state index contributed by atoms with van der Waals surface area (Å²) >= 11 is 0. The lowest BCUT2D eigenvalue weighted by atomic mass is 9.84. The van der Waals surface area contributed by atoms with E-state index < -0.39 is 23.5 Å². The molecule has 8 heteroatoms. The molecule has 30 heavy (non-hydrogen) atoms. The first kappa shape index (κ1) is 23.8. The molecule has 2 N–H and O–H groups in total. The van der Waals surface area contributed by atoms with Gasteiger partial charge < -0.3 is 15.3 Å². The molecule has 1 aliphatic rings. The van der Waals surface area contributed by atoms with E-state index in [2.05, 4.69) is 15.1 Å². The van der Waals surface area contributed by atoms with Crippen molar-refractivity contribution in [3.63, 3.8) is 0 Å². The Morgan fingerprint density at radius 2 is 1.97 bits per heavy atom. The minimum Gasteiger partial charge on any atom is -0.460 e. The SMILES string of the molecule is CC(C)(C)OC(=O)C[C@@H](CCCC1CCCCC1)C(=O)O/N=C(\N)c1cnccn1. The van der Waals surface area contributed by atoms with Crippen molar-refractivity contribution in [3.8, 4) is 0 Å². The number of amidine groups is 1. The number of oxime groups is 1. The van der Waals surface area contributed by atoms with Crippen LogP contribution in [0.2, 0.25) is 0 Å². The number of aromatic nitrogens is 2. The van der Waals surface area contributed by atoms with Crippen LogP contribution in [0.3, 0.4) is 0 Å². The highest BCUT2D eigenvalue weighted by molar-refractivity contribution is 5.95. The summed E-state index contributed by atoms with van der Waals surface area (Å²) in [6.45, 7) is 5.40. The summed E-state index contributed by atoms with van der Waals surface area (Å²) < 4.78 is 5.38. The summed E-state index contributed by atoms with van der Waals surface area (Å²) in [4.78, 5) is 37.9. The topological polar surface area (TPSA) is 117 Å². The molecular formula is C22H34N4O4. The van der Waals surface area contributed by atoms with Crippen molar-refractivity contribution in [2.75, 3.05) is 0 Å². The predicted octanol–water partition coefficient (Wildman–Crippen LogP) is 3.74. The number of esters is 1. The second-order valence-corrected chi connectivity index (χ2v) is 8.90. The van der Waals surface area contributed by atoms with Crippen molar-refractivity contribution in [2.24, 2.45) is 22.7 Å². The van der Waals surface area contributed by atoms with Crippen LogP contribution in [0.25, 0.3) is 0 Å². The van der Waals surface area contributed by atoms with E-state index in [1.165, 1.54) is 50.7 Å². The molecule has 1 aliphatic carbocycles. The molecule has 0 aliphatic heterocycles. The van der Waals surface area contributed by atoms with Crippen LogP contribution in [0.1, 0.15) is 84.3 Å². The summed E-state index contributed by atoms with van der Waals surface area (Å²) in [7, 11) is 0. The number of nitrogens with two attached hydrogens (primary N) is 1. The van der Waals surface area contributed by atoms with Gasteiger partial charge >= 0.3 is 11.9 Å². The molecule has 0 amide bonds. The zero-order valence-corrected chi connectivity index (χ0v) is 18.3. The van der Waals surface area contributed by atoms with E-state index in [-0.39, 0.29) is 12.3 Å². The third-order valence-electron chi connectivity index (χ3n) is 5.12. The van der Waals surface area contributed by atoms with Crippen LogP contribution >= 0.6 is 0 Å². The summed E-state index contributed by atoms with van der Waals surface area (Å²) in [6.07, 6.45) is 13.2. The van der Waals surface area contributed by atoms with E-state index in [1.54, 1.807) is 20.8 Å². The zero-order chi connectivity index (χ0) is 22.0. The second kappa shape index (κ2) is 11.6. The van der Waals surface area contributed by atoms with Crippen molar-refractivity contribution in [2.45, 2.75) is 84.2 Å². The number of ether oxygens (including phenoxy) is 1. The van der Waals surface area contributed by atoms with Gasteiger partial charge in [0, 0.05) is 12.4 Å². The molecule has 8 nitrogen and oxygen atoms in total. The van der Waals surface area contributed by atoms with Gasteiger partial charge in [-0.25, -0.2) is 9.78 Å². The van der Waals surface area contributed by atoms with Gasteiger partial charge in [-0.3, -0.25) is 9.78 Å². The Kier molecular flexibility index (Phi) is 9.20. The zero-order valence-electron chi connectivity index (χ0n) is 18.3. The maximum absolute atomic E-state index is 12.6. The van der Waals surface area contributed by atoms with Crippen molar-refractivity contribution in [1.29, 1.82) is 0 Å². The Morgan fingerprint density at radius 1 is 1.23 bits per heavy atom. The summed E-state index contributed by atoms with van der Waals surface area (Å²) in [5.74, 6) is -0.969. The Bertz CT molecular complexity index is 710. The van der Waals surface area contributed by atoms with Gasteiger partial charge in [0.05, 0.1) is 18.5 Å². The minimum absolute atomic E-state index is 0.0403. The van der Waals surface area contributed by atoms with Crippen LogP contribution in [0.5, 0.6) is 0 Å². The fraction of sp³-hybridized carbons (Fsp3) is 0.682. The molecule has 0 saturated heterocycles. The van der Waals surface area contributed by atoms with E-state index in [9.17, 15) is 9.59 Å². The summed E-state index contributed by atoms with van der Waals surface area (Å²) in [6, 6.07) is 0. The van der Waals surface area contributed by atoms with Crippen LogP contribution < -0.4 is 5.73 Å². The van der Waals surface area contributed by atoms with Gasteiger partial charge in [0.15, 0.2) is 5.84 Å². The molecule has 1 heterocycles. The van der Waals surface area contributed by atoms with Crippen LogP contribution in [-0.4, -0.2) is 33.3 Å². The lowest BCUT2D eigenvalue weighted by molar-refractivity contribution is -0.161. The molecule has 0 bridgehead atoms. The molecule has 1 aromatic heterocycles. The van der Waals surface area contributed by atoms with Crippen LogP contribution in [0.4, 0.5) is 0 Å². The Morgan fingerprint density at radius 3 is 2.60 bits per heavy atom. The highest BCUT2D eigenvalue weighted by Crippen LogP contribution is 2.29. The maximum Gasteiger partial charge on any atom is 0.338 e. The average molecular weight is 419 g/mol. The van der Waals surface area contributed by atoms with Crippen LogP contribution in [0.15, 0.2) is 23.7 Å². The van der Waals surface area contributed by atoms with Gasteiger partial charge in [-0.05, 0) is 33.1 Å². The molecule has 0 unspecified atom stereocenters. The van der Waals surface area contributed by atoms with Gasteiger partial charge in [0.25, 0.3) is 0 Å². The summed E-state index contributed by atoms with van der Waals surface area (Å²) in [5, 5.41) is 3.69. The molecule has 2 rings (SSSR count). The Hall–Kier alpha value is -2.51. The van der Waals surface area contributed by atoms with E-state index in [0.29, 0.717) is 18.0 Å². The Balaban J connectivity index is 1.95. The number of rotatable bonds is 9. The molecule has 0 spiro atoms. The predicted molar refractivity (Wildman–Crippen MR) is 113 cm³/mol. The van der Waals surface area contributed by atoms with E-state index in [0.717, 1.165) is 12.8 Å². The van der Waals surface area contributed by atoms with E-state index in [4.69, 9.17) is 15.3 Å². The van der Waals surface area contributed by atoms with Gasteiger partial charge in [-0.1, -0.05) is 50.1 Å². The molecule has 1 fully saturated rings. The third-order valence-corrected chi connectivity index (χ3v) is 5.12. The van der Waals surface area contributed by atoms with Gasteiger partial charge in [0.1, 0.15) is 11.3 Å². The molecule has 166 valence electrons. The number of hydrogen-bond donors (Lipinski definition) is 1. The average Bonchev–Trinajstić information content (AvgIpc) is 2.71.